The third kappa shape index (κ3) is 6.78. The van der Waals surface area contributed by atoms with Gasteiger partial charge in [0.2, 0.25) is 0 Å². The summed E-state index contributed by atoms with van der Waals surface area (Å²) in [5.41, 5.74) is 7.59. The van der Waals surface area contributed by atoms with Crippen molar-refractivity contribution in [2.45, 2.75) is 6.92 Å². The predicted octanol–water partition coefficient (Wildman–Crippen LogP) is 10.5. The Hall–Kier alpha value is -3.52. The second-order valence-electron chi connectivity index (χ2n) is 9.10. The van der Waals surface area contributed by atoms with Gasteiger partial charge in [0, 0.05) is 0 Å². The molecule has 0 bridgehead atoms. The van der Waals surface area contributed by atoms with E-state index < -0.39 is 0 Å². The summed E-state index contributed by atoms with van der Waals surface area (Å²) in [7, 11) is 0. The average Bonchev–Trinajstić information content (AvgIpc) is 3.74. The summed E-state index contributed by atoms with van der Waals surface area (Å²) in [6, 6.07) is 46.8. The molecular formula is C37H32OSiZr-4. The van der Waals surface area contributed by atoms with E-state index in [1.54, 1.807) is 6.26 Å². The molecule has 0 fully saturated rings. The summed E-state index contributed by atoms with van der Waals surface area (Å²) in [5.74, 6) is 0.917. The summed E-state index contributed by atoms with van der Waals surface area (Å²) >= 11 is 1.36. The van der Waals surface area contributed by atoms with Crippen molar-refractivity contribution in [3.8, 4) is 33.6 Å². The molecular weight excluding hydrogens is 580 g/mol. The molecule has 0 aliphatic carbocycles. The van der Waals surface area contributed by atoms with Crippen molar-refractivity contribution in [3.05, 3.63) is 160 Å². The van der Waals surface area contributed by atoms with E-state index in [2.05, 4.69) is 129 Å². The fraction of sp³-hybridized carbons (Fsp3) is 0.0270. The van der Waals surface area contributed by atoms with Crippen molar-refractivity contribution >= 4 is 28.4 Å². The van der Waals surface area contributed by atoms with Gasteiger partial charge < -0.3 is 19.3 Å². The molecule has 1 nitrogen and oxygen atoms in total. The van der Waals surface area contributed by atoms with Gasteiger partial charge in [-0.2, -0.15) is 6.07 Å². The van der Waals surface area contributed by atoms with Gasteiger partial charge in [-0.15, -0.1) is 63.5 Å². The first-order valence-corrected chi connectivity index (χ1v) is 16.7. The van der Waals surface area contributed by atoms with Gasteiger partial charge in [0.25, 0.3) is 0 Å². The van der Waals surface area contributed by atoms with Crippen LogP contribution < -0.4 is 0 Å². The molecule has 1 aromatic heterocycles. The van der Waals surface area contributed by atoms with E-state index >= 15 is 0 Å². The van der Waals surface area contributed by atoms with E-state index in [9.17, 15) is 0 Å². The fourth-order valence-electron chi connectivity index (χ4n) is 4.94. The zero-order valence-corrected chi connectivity index (χ0v) is 26.6. The number of hydrogen-bond donors (Lipinski definition) is 0. The molecule has 0 aliphatic rings. The zero-order chi connectivity index (χ0) is 26.3. The van der Waals surface area contributed by atoms with Crippen LogP contribution in [0.3, 0.4) is 0 Å². The number of benzene rings is 4. The van der Waals surface area contributed by atoms with E-state index in [0.717, 1.165) is 11.3 Å². The normalized spacial score (nSPS) is 9.90. The molecule has 40 heavy (non-hydrogen) atoms. The molecule has 0 atom stereocenters. The molecule has 7 aromatic rings. The monoisotopic (exact) mass is 610 g/mol. The number of furan rings is 1. The first-order valence-electron chi connectivity index (χ1n) is 12.5. The Bertz CT molecular complexity index is 1740. The summed E-state index contributed by atoms with van der Waals surface area (Å²) in [6.45, 7) is 5.21. The van der Waals surface area contributed by atoms with Crippen LogP contribution in [0.15, 0.2) is 144 Å². The molecule has 0 saturated carbocycles. The maximum atomic E-state index is 5.49. The van der Waals surface area contributed by atoms with Gasteiger partial charge in [0.05, 0.1) is 12.0 Å². The number of rotatable bonds is 3. The molecule has 0 spiro atoms. The Morgan fingerprint density at radius 1 is 0.575 bits per heavy atom. The van der Waals surface area contributed by atoms with Crippen LogP contribution in [0.2, 0.25) is 0 Å². The molecule has 0 aliphatic heterocycles. The first kappa shape index (κ1) is 31.0. The van der Waals surface area contributed by atoms with Crippen molar-refractivity contribution in [3.63, 3.8) is 0 Å². The van der Waals surface area contributed by atoms with Gasteiger partial charge in [-0.05, 0) is 17.2 Å². The molecule has 0 amide bonds. The number of aryl methyl sites for hydroxylation is 1. The Morgan fingerprint density at radius 2 is 1.10 bits per heavy atom. The van der Waals surface area contributed by atoms with Gasteiger partial charge in [0.15, 0.2) is 0 Å². The minimum atomic E-state index is 0. The Morgan fingerprint density at radius 3 is 1.62 bits per heavy atom. The van der Waals surface area contributed by atoms with Crippen LogP contribution in [0.1, 0.15) is 5.56 Å². The second kappa shape index (κ2) is 14.7. The largest absolute Gasteiger partial charge is 0.499 e. The topological polar surface area (TPSA) is 13.1 Å². The SMILES string of the molecule is Cc1cc2c(-c3ccccc3)cccc2[cH-]1.[CH3-].[CH3-].[Si]=[Zr].c1ccc(-c2cccc3[cH-]c(-c4ccco4)cc23)cc1. The van der Waals surface area contributed by atoms with E-state index in [1.165, 1.54) is 72.7 Å². The third-order valence-corrected chi connectivity index (χ3v) is 6.62. The first-order chi connectivity index (χ1) is 18.8. The molecule has 2 radical (unpaired) electrons. The molecule has 198 valence electrons. The van der Waals surface area contributed by atoms with E-state index in [-0.39, 0.29) is 14.9 Å². The predicted molar refractivity (Wildman–Crippen MR) is 171 cm³/mol. The third-order valence-electron chi connectivity index (χ3n) is 6.62. The van der Waals surface area contributed by atoms with Gasteiger partial charge in [-0.25, -0.2) is 0 Å². The smallest absolute Gasteiger partial charge is 0.0796 e. The molecule has 0 N–H and O–H groups in total. The standard InChI is InChI=1S/C19H13O.C16H13.2CH3.Si.Zr/c1-2-6-14(7-3-1)17-9-4-8-15-12-16(13-18(15)17)19-10-5-11-20-19;1-12-10-14-8-5-9-15(16(14)11-12)13-6-3-2-4-7-13;;;;/h1-13H;2-11H,1H3;2*1H3;;/q4*-1;;. The van der Waals surface area contributed by atoms with Gasteiger partial charge in [0.1, 0.15) is 0 Å². The number of fused-ring (bicyclic) bond motifs is 2. The van der Waals surface area contributed by atoms with Crippen molar-refractivity contribution in [1.82, 2.24) is 0 Å². The van der Waals surface area contributed by atoms with Crippen molar-refractivity contribution in [2.75, 3.05) is 0 Å². The van der Waals surface area contributed by atoms with Crippen LogP contribution in [-0.4, -0.2) is 6.88 Å². The molecule has 6 aromatic carbocycles. The van der Waals surface area contributed by atoms with Crippen LogP contribution in [0.5, 0.6) is 0 Å². The molecule has 3 heteroatoms. The maximum absolute atomic E-state index is 5.49. The van der Waals surface area contributed by atoms with Crippen LogP contribution in [0.25, 0.3) is 55.1 Å². The minimum Gasteiger partial charge on any atom is -0.499 e. The maximum Gasteiger partial charge on any atom is 0.0796 e. The van der Waals surface area contributed by atoms with Crippen LogP contribution >= 0.6 is 0 Å². The van der Waals surface area contributed by atoms with Crippen LogP contribution in [-0.2, 0) is 23.3 Å². The molecule has 1 heterocycles. The Balaban J connectivity index is 0.000000202. The molecule has 0 unspecified atom stereocenters. The summed E-state index contributed by atoms with van der Waals surface area (Å²) in [6.07, 6.45) is 1.71. The zero-order valence-electron chi connectivity index (χ0n) is 23.2. The second-order valence-corrected chi connectivity index (χ2v) is 9.10. The van der Waals surface area contributed by atoms with Crippen molar-refractivity contribution in [1.29, 1.82) is 0 Å². The van der Waals surface area contributed by atoms with E-state index in [4.69, 9.17) is 4.42 Å². The summed E-state index contributed by atoms with van der Waals surface area (Å²) in [5, 5.41) is 5.20. The van der Waals surface area contributed by atoms with Gasteiger partial charge in [-0.1, -0.05) is 109 Å². The minimum absolute atomic E-state index is 0. The average molecular weight is 612 g/mol. The van der Waals surface area contributed by atoms with Crippen molar-refractivity contribution in [2.24, 2.45) is 0 Å². The van der Waals surface area contributed by atoms with E-state index in [1.807, 2.05) is 18.2 Å². The van der Waals surface area contributed by atoms with Crippen LogP contribution in [0, 0.1) is 21.8 Å². The van der Waals surface area contributed by atoms with E-state index in [0.29, 0.717) is 0 Å². The quantitative estimate of drug-likeness (QED) is 0.143. The summed E-state index contributed by atoms with van der Waals surface area (Å²) < 4.78 is 5.49. The summed E-state index contributed by atoms with van der Waals surface area (Å²) in [4.78, 5) is 0. The van der Waals surface area contributed by atoms with Crippen molar-refractivity contribution < 1.29 is 27.8 Å². The van der Waals surface area contributed by atoms with Gasteiger partial charge >= 0.3 is 30.2 Å². The van der Waals surface area contributed by atoms with Gasteiger partial charge in [-0.3, -0.25) is 0 Å². The molecule has 0 saturated heterocycles. The Labute approximate surface area is 255 Å². The fourth-order valence-corrected chi connectivity index (χ4v) is 4.94. The number of hydrogen-bond acceptors (Lipinski definition) is 1. The Kier molecular flexibility index (Phi) is 11.4. The van der Waals surface area contributed by atoms with Crippen LogP contribution in [0.4, 0.5) is 0 Å². The molecule has 7 rings (SSSR count).